The van der Waals surface area contributed by atoms with Crippen molar-refractivity contribution in [3.63, 3.8) is 0 Å². The Hall–Kier alpha value is -2.21. The highest BCUT2D eigenvalue weighted by Crippen LogP contribution is 2.14. The predicted octanol–water partition coefficient (Wildman–Crippen LogP) is 1.59. The van der Waals surface area contributed by atoms with E-state index in [2.05, 4.69) is 0 Å². The van der Waals surface area contributed by atoms with Crippen molar-refractivity contribution in [3.05, 3.63) is 46.0 Å². The van der Waals surface area contributed by atoms with Crippen LogP contribution in [-0.2, 0) is 4.79 Å². The van der Waals surface area contributed by atoms with Crippen LogP contribution in [0.3, 0.4) is 0 Å². The lowest BCUT2D eigenvalue weighted by molar-refractivity contribution is -0.384. The fraction of sp³-hybridized carbons (Fsp3) is 0.357. The standard InChI is InChI=1S/C14H16N2O4/c17-13-7-9-15(10-8-13)14(18)6-3-11-1-4-12(5-2-11)16(19)20/h1-6,13,17H,7-10H2/b6-3+. The van der Waals surface area contributed by atoms with Gasteiger partial charge in [0, 0.05) is 31.3 Å². The van der Waals surface area contributed by atoms with Gasteiger partial charge in [0.2, 0.25) is 5.91 Å². The van der Waals surface area contributed by atoms with Gasteiger partial charge in [0.15, 0.2) is 0 Å². The van der Waals surface area contributed by atoms with E-state index in [1.807, 2.05) is 0 Å². The second-order valence-corrected chi connectivity index (χ2v) is 4.74. The molecule has 1 aliphatic heterocycles. The lowest BCUT2D eigenvalue weighted by atomic mass is 10.1. The van der Waals surface area contributed by atoms with Crippen molar-refractivity contribution < 1.29 is 14.8 Å². The number of aliphatic hydroxyl groups excluding tert-OH is 1. The molecule has 1 aromatic carbocycles. The van der Waals surface area contributed by atoms with Crippen LogP contribution in [-0.4, -0.2) is 40.0 Å². The minimum atomic E-state index is -0.461. The van der Waals surface area contributed by atoms with Crippen LogP contribution in [0, 0.1) is 10.1 Å². The molecule has 0 unspecified atom stereocenters. The van der Waals surface area contributed by atoms with Crippen LogP contribution in [0.25, 0.3) is 6.08 Å². The monoisotopic (exact) mass is 276 g/mol. The Balaban J connectivity index is 1.95. The van der Waals surface area contributed by atoms with Crippen molar-refractivity contribution in [1.82, 2.24) is 4.90 Å². The molecule has 0 aromatic heterocycles. The summed E-state index contributed by atoms with van der Waals surface area (Å²) in [5, 5.41) is 19.9. The first kappa shape index (κ1) is 14.2. The topological polar surface area (TPSA) is 83.7 Å². The van der Waals surface area contributed by atoms with E-state index in [4.69, 9.17) is 0 Å². The van der Waals surface area contributed by atoms with E-state index in [9.17, 15) is 20.0 Å². The Labute approximate surface area is 116 Å². The van der Waals surface area contributed by atoms with Crippen LogP contribution in [0.5, 0.6) is 0 Å². The van der Waals surface area contributed by atoms with Gasteiger partial charge < -0.3 is 10.0 Å². The number of non-ortho nitro benzene ring substituents is 1. The first-order valence-electron chi connectivity index (χ1n) is 6.46. The van der Waals surface area contributed by atoms with E-state index >= 15 is 0 Å². The summed E-state index contributed by atoms with van der Waals surface area (Å²) in [6.45, 7) is 1.12. The number of nitrogens with zero attached hydrogens (tertiary/aromatic N) is 2. The number of hydrogen-bond acceptors (Lipinski definition) is 4. The van der Waals surface area contributed by atoms with E-state index in [1.165, 1.54) is 18.2 Å². The van der Waals surface area contributed by atoms with Crippen molar-refractivity contribution in [3.8, 4) is 0 Å². The molecule has 1 fully saturated rings. The molecule has 1 amide bonds. The number of aliphatic hydroxyl groups is 1. The number of carbonyl (C=O) groups is 1. The molecule has 0 spiro atoms. The lowest BCUT2D eigenvalue weighted by Crippen LogP contribution is -2.39. The van der Waals surface area contributed by atoms with Gasteiger partial charge in [0.05, 0.1) is 11.0 Å². The van der Waals surface area contributed by atoms with Crippen molar-refractivity contribution in [2.75, 3.05) is 13.1 Å². The third-order valence-corrected chi connectivity index (χ3v) is 3.30. The number of nitro benzene ring substituents is 1. The van der Waals surface area contributed by atoms with E-state index in [-0.39, 0.29) is 17.7 Å². The fourth-order valence-corrected chi connectivity index (χ4v) is 2.07. The molecule has 6 nitrogen and oxygen atoms in total. The van der Waals surface area contributed by atoms with Crippen molar-refractivity contribution in [1.29, 1.82) is 0 Å². The molecule has 1 aliphatic rings. The molecule has 1 N–H and O–H groups in total. The summed E-state index contributed by atoms with van der Waals surface area (Å²) in [6, 6.07) is 6.01. The molecular formula is C14H16N2O4. The maximum atomic E-state index is 11.9. The molecule has 1 saturated heterocycles. The number of nitro groups is 1. The molecule has 0 aliphatic carbocycles. The van der Waals surface area contributed by atoms with Crippen LogP contribution >= 0.6 is 0 Å². The second kappa shape index (κ2) is 6.29. The van der Waals surface area contributed by atoms with Gasteiger partial charge in [-0.15, -0.1) is 0 Å². The van der Waals surface area contributed by atoms with Gasteiger partial charge in [-0.1, -0.05) is 0 Å². The van der Waals surface area contributed by atoms with E-state index in [0.717, 1.165) is 5.56 Å². The molecule has 6 heteroatoms. The number of carbonyl (C=O) groups excluding carboxylic acids is 1. The van der Waals surface area contributed by atoms with Crippen LogP contribution in [0.4, 0.5) is 5.69 Å². The zero-order valence-electron chi connectivity index (χ0n) is 10.9. The van der Waals surface area contributed by atoms with E-state index in [1.54, 1.807) is 23.1 Å². The van der Waals surface area contributed by atoms with Crippen LogP contribution in [0.15, 0.2) is 30.3 Å². The number of rotatable bonds is 3. The largest absolute Gasteiger partial charge is 0.393 e. The fourth-order valence-electron chi connectivity index (χ4n) is 2.07. The molecule has 106 valence electrons. The van der Waals surface area contributed by atoms with Crippen LogP contribution in [0.1, 0.15) is 18.4 Å². The number of benzene rings is 1. The predicted molar refractivity (Wildman–Crippen MR) is 74.0 cm³/mol. The highest BCUT2D eigenvalue weighted by atomic mass is 16.6. The molecule has 0 radical (unpaired) electrons. The van der Waals surface area contributed by atoms with Gasteiger partial charge in [-0.2, -0.15) is 0 Å². The first-order chi connectivity index (χ1) is 9.56. The normalized spacial score (nSPS) is 16.6. The molecule has 1 aromatic rings. The maximum Gasteiger partial charge on any atom is 0.269 e. The number of likely N-dealkylation sites (tertiary alicyclic amines) is 1. The van der Waals surface area contributed by atoms with Crippen LogP contribution in [0.2, 0.25) is 0 Å². The Morgan fingerprint density at radius 1 is 1.30 bits per heavy atom. The van der Waals surface area contributed by atoms with Gasteiger partial charge in [0.1, 0.15) is 0 Å². The lowest BCUT2D eigenvalue weighted by Gasteiger charge is -2.28. The third kappa shape index (κ3) is 3.64. The number of hydrogen-bond donors (Lipinski definition) is 1. The van der Waals surface area contributed by atoms with Gasteiger partial charge in [-0.25, -0.2) is 0 Å². The molecule has 0 saturated carbocycles. The summed E-state index contributed by atoms with van der Waals surface area (Å²) in [4.78, 5) is 23.6. The number of amides is 1. The summed E-state index contributed by atoms with van der Waals surface area (Å²) in [5.74, 6) is -0.102. The highest BCUT2D eigenvalue weighted by Gasteiger charge is 2.19. The van der Waals surface area contributed by atoms with Crippen molar-refractivity contribution in [2.24, 2.45) is 0 Å². The quantitative estimate of drug-likeness (QED) is 0.516. The summed E-state index contributed by atoms with van der Waals surface area (Å²) < 4.78 is 0. The smallest absolute Gasteiger partial charge is 0.269 e. The second-order valence-electron chi connectivity index (χ2n) is 4.74. The maximum absolute atomic E-state index is 11.9. The van der Waals surface area contributed by atoms with Crippen LogP contribution < -0.4 is 0 Å². The molecular weight excluding hydrogens is 260 g/mol. The summed E-state index contributed by atoms with van der Waals surface area (Å²) in [7, 11) is 0. The first-order valence-corrected chi connectivity index (χ1v) is 6.46. The zero-order valence-corrected chi connectivity index (χ0v) is 10.9. The SMILES string of the molecule is O=C(/C=C/c1ccc([N+](=O)[O-])cc1)N1CCC(O)CC1. The average molecular weight is 276 g/mol. The van der Waals surface area contributed by atoms with E-state index < -0.39 is 4.92 Å². The van der Waals surface area contributed by atoms with Gasteiger partial charge >= 0.3 is 0 Å². The van der Waals surface area contributed by atoms with Crippen molar-refractivity contribution >= 4 is 17.7 Å². The van der Waals surface area contributed by atoms with Gasteiger partial charge in [0.25, 0.3) is 5.69 Å². The minimum absolute atomic E-state index is 0.0264. The molecule has 20 heavy (non-hydrogen) atoms. The summed E-state index contributed by atoms with van der Waals surface area (Å²) in [6.07, 6.45) is 4.00. The Kier molecular flexibility index (Phi) is 4.47. The summed E-state index contributed by atoms with van der Waals surface area (Å²) in [5.41, 5.74) is 0.763. The zero-order chi connectivity index (χ0) is 14.5. The van der Waals surface area contributed by atoms with Gasteiger partial charge in [-0.3, -0.25) is 14.9 Å². The highest BCUT2D eigenvalue weighted by molar-refractivity contribution is 5.91. The number of piperidine rings is 1. The van der Waals surface area contributed by atoms with Gasteiger partial charge in [-0.05, 0) is 36.6 Å². The minimum Gasteiger partial charge on any atom is -0.393 e. The van der Waals surface area contributed by atoms with Crippen molar-refractivity contribution in [2.45, 2.75) is 18.9 Å². The summed E-state index contributed by atoms with van der Waals surface area (Å²) >= 11 is 0. The average Bonchev–Trinajstić information content (AvgIpc) is 2.46. The Morgan fingerprint density at radius 3 is 2.45 bits per heavy atom. The third-order valence-electron chi connectivity index (χ3n) is 3.30. The molecule has 0 bridgehead atoms. The Bertz CT molecular complexity index is 516. The molecule has 1 heterocycles. The molecule has 2 rings (SSSR count). The van der Waals surface area contributed by atoms with E-state index in [0.29, 0.717) is 25.9 Å². The Morgan fingerprint density at radius 2 is 1.90 bits per heavy atom. The molecule has 0 atom stereocenters.